The van der Waals surface area contributed by atoms with Gasteiger partial charge in [0, 0.05) is 26.4 Å². The number of hydrogen-bond acceptors (Lipinski definition) is 6. The van der Waals surface area contributed by atoms with Crippen molar-refractivity contribution in [2.24, 2.45) is 5.92 Å². The maximum Gasteiger partial charge on any atom is 0.408 e. The summed E-state index contributed by atoms with van der Waals surface area (Å²) in [6.45, 7) is 3.97. The first-order valence-corrected chi connectivity index (χ1v) is 13.2. The van der Waals surface area contributed by atoms with Crippen molar-refractivity contribution in [3.8, 4) is 0 Å². The predicted octanol–water partition coefficient (Wildman–Crippen LogP) is 5.38. The number of halogens is 5. The summed E-state index contributed by atoms with van der Waals surface area (Å²) in [7, 11) is 1.45. The number of amides is 2. The van der Waals surface area contributed by atoms with E-state index in [4.69, 9.17) is 14.2 Å². The molecule has 2 amide bonds. The van der Waals surface area contributed by atoms with Crippen LogP contribution < -0.4 is 10.6 Å². The number of carbonyl (C=O) groups excluding carboxylic acids is 2. The van der Waals surface area contributed by atoms with E-state index in [9.17, 15) is 31.5 Å². The van der Waals surface area contributed by atoms with Crippen LogP contribution in [0.25, 0.3) is 11.0 Å². The normalized spacial score (nSPS) is 18.4. The number of fused-ring (bicyclic) bond motifs is 1. The maximum absolute atomic E-state index is 13.4. The van der Waals surface area contributed by atoms with Gasteiger partial charge in [-0.25, -0.2) is 31.7 Å². The Hall–Kier alpha value is -3.00. The van der Waals surface area contributed by atoms with Gasteiger partial charge in [0.25, 0.3) is 6.43 Å². The zero-order valence-corrected chi connectivity index (χ0v) is 23.7. The minimum absolute atomic E-state index is 0.0271. The van der Waals surface area contributed by atoms with E-state index in [1.165, 1.54) is 7.11 Å². The van der Waals surface area contributed by atoms with E-state index in [-0.39, 0.29) is 43.5 Å². The fourth-order valence-electron chi connectivity index (χ4n) is 4.33. The molecule has 0 radical (unpaired) electrons. The van der Waals surface area contributed by atoms with Crippen molar-refractivity contribution in [1.82, 2.24) is 20.6 Å². The van der Waals surface area contributed by atoms with E-state index >= 15 is 0 Å². The fraction of sp³-hybridized carbons (Fsp3) is 0.667. The van der Waals surface area contributed by atoms with Gasteiger partial charge in [0.2, 0.25) is 11.8 Å². The van der Waals surface area contributed by atoms with Crippen LogP contribution in [0.4, 0.5) is 26.7 Å². The van der Waals surface area contributed by atoms with Gasteiger partial charge in [-0.2, -0.15) is 0 Å². The topological polar surface area (TPSA) is 115 Å². The van der Waals surface area contributed by atoms with Gasteiger partial charge < -0.3 is 29.8 Å². The van der Waals surface area contributed by atoms with Gasteiger partial charge in [-0.3, -0.25) is 4.79 Å². The highest BCUT2D eigenvalue weighted by Gasteiger charge is 2.45. The molecule has 14 heteroatoms. The highest BCUT2D eigenvalue weighted by Crippen LogP contribution is 2.44. The van der Waals surface area contributed by atoms with E-state index < -0.39 is 55.0 Å². The number of benzene rings is 1. The second-order valence-electron chi connectivity index (χ2n) is 11.6. The highest BCUT2D eigenvalue weighted by atomic mass is 19.3. The number of ether oxygens (including phenoxy) is 3. The lowest BCUT2D eigenvalue weighted by atomic mass is 9.79. The lowest BCUT2D eigenvalue weighted by molar-refractivity contribution is -0.143. The molecule has 3 atom stereocenters. The molecule has 1 aliphatic carbocycles. The SMILES string of the molecule is COCC(NC(=O)CC1CC(F)(F)C1)c1ccc2nc([C@H](COC(C)(CF)C(F)F)NC(=O)OC(C)(C)C)[nH]c2c1. The number of imidazole rings is 1. The lowest BCUT2D eigenvalue weighted by Gasteiger charge is -2.34. The summed E-state index contributed by atoms with van der Waals surface area (Å²) in [5.74, 6) is -3.35. The van der Waals surface area contributed by atoms with Crippen LogP contribution in [0.1, 0.15) is 70.4 Å². The van der Waals surface area contributed by atoms with Crippen molar-refractivity contribution in [2.75, 3.05) is 27.0 Å². The number of H-pyrrole nitrogens is 1. The van der Waals surface area contributed by atoms with Crippen molar-refractivity contribution in [3.05, 3.63) is 29.6 Å². The zero-order chi connectivity index (χ0) is 30.6. The zero-order valence-electron chi connectivity index (χ0n) is 23.7. The first-order valence-electron chi connectivity index (χ1n) is 13.2. The molecule has 1 aliphatic rings. The Balaban J connectivity index is 1.81. The summed E-state index contributed by atoms with van der Waals surface area (Å²) in [6, 6.07) is 3.31. The summed E-state index contributed by atoms with van der Waals surface area (Å²) in [4.78, 5) is 32.5. The molecule has 1 aromatic carbocycles. The molecule has 2 unspecified atom stereocenters. The summed E-state index contributed by atoms with van der Waals surface area (Å²) in [6.07, 6.45) is -4.65. The van der Waals surface area contributed by atoms with E-state index in [2.05, 4.69) is 20.6 Å². The van der Waals surface area contributed by atoms with Crippen molar-refractivity contribution >= 4 is 23.0 Å². The van der Waals surface area contributed by atoms with Crippen LogP contribution in [0.3, 0.4) is 0 Å². The van der Waals surface area contributed by atoms with Crippen molar-refractivity contribution in [3.63, 3.8) is 0 Å². The van der Waals surface area contributed by atoms with E-state index in [0.29, 0.717) is 16.6 Å². The molecule has 230 valence electrons. The first kappa shape index (κ1) is 32.5. The number of alkyl halides is 5. The second-order valence-corrected chi connectivity index (χ2v) is 11.6. The van der Waals surface area contributed by atoms with E-state index in [1.807, 2.05) is 0 Å². The van der Waals surface area contributed by atoms with E-state index in [0.717, 1.165) is 6.92 Å². The van der Waals surface area contributed by atoms with Crippen LogP contribution in [0.2, 0.25) is 0 Å². The van der Waals surface area contributed by atoms with Crippen LogP contribution in [0, 0.1) is 5.92 Å². The third-order valence-electron chi connectivity index (χ3n) is 6.57. The summed E-state index contributed by atoms with van der Waals surface area (Å²) < 4.78 is 82.2. The van der Waals surface area contributed by atoms with Crippen LogP contribution in [-0.4, -0.2) is 72.5 Å². The van der Waals surface area contributed by atoms with Crippen molar-refractivity contribution in [1.29, 1.82) is 0 Å². The Morgan fingerprint density at radius 3 is 2.37 bits per heavy atom. The Morgan fingerprint density at radius 2 is 1.80 bits per heavy atom. The number of methoxy groups -OCH3 is 1. The van der Waals surface area contributed by atoms with Gasteiger partial charge in [0.15, 0.2) is 5.60 Å². The van der Waals surface area contributed by atoms with Crippen molar-refractivity contribution in [2.45, 2.75) is 82.6 Å². The first-order chi connectivity index (χ1) is 19.0. The number of aromatic amines is 1. The summed E-state index contributed by atoms with van der Waals surface area (Å²) in [5, 5.41) is 5.34. The average Bonchev–Trinajstić information content (AvgIpc) is 3.27. The number of hydrogen-bond donors (Lipinski definition) is 3. The standard InChI is InChI=1S/C27H37F5N4O5/c1-25(2,3)41-24(38)36-20(13-40-26(4,14-28)23(29)30)22-34-17-7-6-16(9-18(17)35-22)19(12-39-5)33-21(37)8-15-10-27(31,32)11-15/h6-7,9,15,19-20,23H,8,10-14H2,1-5H3,(H,33,37)(H,34,35)(H,36,38)/t19?,20-,26?/m0/s1. The van der Waals surface area contributed by atoms with Crippen LogP contribution in [0.15, 0.2) is 18.2 Å². The molecular weight excluding hydrogens is 555 g/mol. The van der Waals surface area contributed by atoms with Gasteiger partial charge >= 0.3 is 6.09 Å². The largest absolute Gasteiger partial charge is 0.444 e. The maximum atomic E-state index is 13.4. The quantitative estimate of drug-likeness (QED) is 0.269. The molecule has 41 heavy (non-hydrogen) atoms. The smallest absolute Gasteiger partial charge is 0.408 e. The molecule has 0 aliphatic heterocycles. The van der Waals surface area contributed by atoms with Gasteiger partial charge in [-0.1, -0.05) is 6.07 Å². The Kier molecular flexibility index (Phi) is 10.2. The predicted molar refractivity (Wildman–Crippen MR) is 140 cm³/mol. The van der Waals surface area contributed by atoms with Crippen molar-refractivity contribution < 1.29 is 45.8 Å². The van der Waals surface area contributed by atoms with Crippen LogP contribution in [0.5, 0.6) is 0 Å². The molecule has 0 saturated heterocycles. The number of nitrogens with one attached hydrogen (secondary N) is 3. The minimum atomic E-state index is -3.12. The average molecular weight is 593 g/mol. The number of nitrogens with zero attached hydrogens (tertiary/aromatic N) is 1. The van der Waals surface area contributed by atoms with Crippen LogP contribution >= 0.6 is 0 Å². The fourth-order valence-corrected chi connectivity index (χ4v) is 4.33. The molecule has 1 aromatic heterocycles. The summed E-state index contributed by atoms with van der Waals surface area (Å²) >= 11 is 0. The molecule has 1 heterocycles. The second kappa shape index (κ2) is 12.9. The Labute approximate surface area is 234 Å². The highest BCUT2D eigenvalue weighted by molar-refractivity contribution is 5.79. The van der Waals surface area contributed by atoms with Gasteiger partial charge in [-0.15, -0.1) is 0 Å². The molecule has 2 aromatic rings. The molecule has 1 saturated carbocycles. The molecule has 3 rings (SSSR count). The third kappa shape index (κ3) is 8.99. The molecule has 0 spiro atoms. The van der Waals surface area contributed by atoms with Crippen LogP contribution in [-0.2, 0) is 19.0 Å². The number of carbonyl (C=O) groups is 2. The molecule has 9 nitrogen and oxygen atoms in total. The van der Waals surface area contributed by atoms with E-state index in [1.54, 1.807) is 39.0 Å². The monoisotopic (exact) mass is 592 g/mol. The Bertz CT molecular complexity index is 1200. The number of aromatic nitrogens is 2. The Morgan fingerprint density at radius 1 is 1.12 bits per heavy atom. The molecule has 0 bridgehead atoms. The number of alkyl carbamates (subject to hydrolysis) is 1. The molecule has 1 fully saturated rings. The minimum Gasteiger partial charge on any atom is -0.444 e. The van der Waals surface area contributed by atoms with Gasteiger partial charge in [-0.05, 0) is 51.3 Å². The lowest BCUT2D eigenvalue weighted by Crippen LogP contribution is -2.43. The summed E-state index contributed by atoms with van der Waals surface area (Å²) in [5.41, 5.74) is -1.70. The van der Waals surface area contributed by atoms with Gasteiger partial charge in [0.1, 0.15) is 24.1 Å². The molecule has 3 N–H and O–H groups in total. The number of rotatable bonds is 13. The molecular formula is C27H37F5N4O5. The van der Waals surface area contributed by atoms with Gasteiger partial charge in [0.05, 0.1) is 30.3 Å². The third-order valence-corrected chi connectivity index (χ3v) is 6.57.